The molecule has 0 radical (unpaired) electrons. The minimum absolute atomic E-state index is 0.0675. The highest BCUT2D eigenvalue weighted by atomic mass is 16.5. The first kappa shape index (κ1) is 14.8. The second kappa shape index (κ2) is 6.78. The van der Waals surface area contributed by atoms with Gasteiger partial charge in [0.05, 0.1) is 7.11 Å². The zero-order valence-corrected chi connectivity index (χ0v) is 13.0. The summed E-state index contributed by atoms with van der Waals surface area (Å²) in [4.78, 5) is 12.5. The van der Waals surface area contributed by atoms with Gasteiger partial charge in [-0.1, -0.05) is 43.5 Å². The Balaban J connectivity index is 1.74. The van der Waals surface area contributed by atoms with E-state index in [1.54, 1.807) is 7.11 Å². The SMILES string of the molecule is COc1ccc(C(=O)c2ccc(C3CCCCC3)cc2)cc1. The van der Waals surface area contributed by atoms with Crippen molar-refractivity contribution in [2.45, 2.75) is 38.0 Å². The van der Waals surface area contributed by atoms with Gasteiger partial charge in [0.1, 0.15) is 5.75 Å². The van der Waals surface area contributed by atoms with Crippen LogP contribution in [0.4, 0.5) is 0 Å². The van der Waals surface area contributed by atoms with Crippen LogP contribution in [0.3, 0.4) is 0 Å². The Morgan fingerprint density at radius 1 is 0.864 bits per heavy atom. The molecule has 2 aromatic rings. The summed E-state index contributed by atoms with van der Waals surface area (Å²) in [7, 11) is 1.63. The Bertz CT molecular complexity index is 620. The van der Waals surface area contributed by atoms with E-state index in [1.165, 1.54) is 37.7 Å². The van der Waals surface area contributed by atoms with Crippen molar-refractivity contribution in [2.75, 3.05) is 7.11 Å². The van der Waals surface area contributed by atoms with Crippen LogP contribution in [-0.4, -0.2) is 12.9 Å². The summed E-state index contributed by atoms with van der Waals surface area (Å²) in [6.07, 6.45) is 6.59. The van der Waals surface area contributed by atoms with Crippen LogP contribution in [0.25, 0.3) is 0 Å². The summed E-state index contributed by atoms with van der Waals surface area (Å²) in [6.45, 7) is 0. The van der Waals surface area contributed by atoms with Crippen molar-refractivity contribution in [3.63, 3.8) is 0 Å². The molecule has 0 bridgehead atoms. The molecular formula is C20H22O2. The average molecular weight is 294 g/mol. The molecule has 0 aliphatic heterocycles. The molecule has 1 fully saturated rings. The van der Waals surface area contributed by atoms with Gasteiger partial charge in [0.2, 0.25) is 0 Å². The highest BCUT2D eigenvalue weighted by Gasteiger charge is 2.16. The highest BCUT2D eigenvalue weighted by Crippen LogP contribution is 2.32. The number of carbonyl (C=O) groups is 1. The van der Waals surface area contributed by atoms with Gasteiger partial charge < -0.3 is 4.74 Å². The van der Waals surface area contributed by atoms with Crippen LogP contribution in [0.1, 0.15) is 59.5 Å². The lowest BCUT2D eigenvalue weighted by atomic mass is 9.84. The van der Waals surface area contributed by atoms with E-state index in [0.29, 0.717) is 11.5 Å². The fourth-order valence-electron chi connectivity index (χ4n) is 3.25. The highest BCUT2D eigenvalue weighted by molar-refractivity contribution is 6.09. The van der Waals surface area contributed by atoms with Crippen LogP contribution >= 0.6 is 0 Å². The summed E-state index contributed by atoms with van der Waals surface area (Å²) < 4.78 is 5.13. The minimum atomic E-state index is 0.0675. The number of ketones is 1. The van der Waals surface area contributed by atoms with Crippen LogP contribution in [0.15, 0.2) is 48.5 Å². The molecular weight excluding hydrogens is 272 g/mol. The average Bonchev–Trinajstić information content (AvgIpc) is 2.62. The van der Waals surface area contributed by atoms with Gasteiger partial charge >= 0.3 is 0 Å². The third-order valence-corrected chi connectivity index (χ3v) is 4.60. The number of benzene rings is 2. The smallest absolute Gasteiger partial charge is 0.193 e. The first-order valence-corrected chi connectivity index (χ1v) is 8.06. The zero-order valence-electron chi connectivity index (χ0n) is 13.0. The fourth-order valence-corrected chi connectivity index (χ4v) is 3.25. The largest absolute Gasteiger partial charge is 0.497 e. The summed E-state index contributed by atoms with van der Waals surface area (Å²) in [6, 6.07) is 15.5. The number of ether oxygens (including phenoxy) is 1. The molecule has 0 aromatic heterocycles. The molecule has 0 amide bonds. The van der Waals surface area contributed by atoms with Gasteiger partial charge in [-0.25, -0.2) is 0 Å². The van der Waals surface area contributed by atoms with Crippen molar-refractivity contribution < 1.29 is 9.53 Å². The standard InChI is InChI=1S/C20H22O2/c1-22-19-13-11-18(12-14-19)20(21)17-9-7-16(8-10-17)15-5-3-2-4-6-15/h7-15H,2-6H2,1H3. The lowest BCUT2D eigenvalue weighted by Crippen LogP contribution is -2.06. The predicted octanol–water partition coefficient (Wildman–Crippen LogP) is 4.97. The molecule has 2 heteroatoms. The number of hydrogen-bond acceptors (Lipinski definition) is 2. The first-order valence-electron chi connectivity index (χ1n) is 8.06. The van der Waals surface area contributed by atoms with Crippen LogP contribution in [-0.2, 0) is 0 Å². The summed E-state index contributed by atoms with van der Waals surface area (Å²) in [5.74, 6) is 1.51. The Hall–Kier alpha value is -2.09. The van der Waals surface area contributed by atoms with Gasteiger partial charge in [-0.15, -0.1) is 0 Å². The van der Waals surface area contributed by atoms with E-state index in [0.717, 1.165) is 11.3 Å². The van der Waals surface area contributed by atoms with Gasteiger partial charge in [0.25, 0.3) is 0 Å². The summed E-state index contributed by atoms with van der Waals surface area (Å²) in [5, 5.41) is 0. The topological polar surface area (TPSA) is 26.3 Å². The van der Waals surface area contributed by atoms with Gasteiger partial charge in [-0.2, -0.15) is 0 Å². The Morgan fingerprint density at radius 2 is 1.41 bits per heavy atom. The molecule has 22 heavy (non-hydrogen) atoms. The molecule has 2 aromatic carbocycles. The molecule has 114 valence electrons. The fraction of sp³-hybridized carbons (Fsp3) is 0.350. The molecule has 1 aliphatic carbocycles. The Kier molecular flexibility index (Phi) is 4.57. The van der Waals surface area contributed by atoms with Crippen LogP contribution < -0.4 is 4.74 Å². The molecule has 1 saturated carbocycles. The maximum Gasteiger partial charge on any atom is 0.193 e. The first-order chi connectivity index (χ1) is 10.8. The van der Waals surface area contributed by atoms with Crippen molar-refractivity contribution in [3.8, 4) is 5.75 Å². The van der Waals surface area contributed by atoms with Gasteiger partial charge in [0.15, 0.2) is 5.78 Å². The maximum atomic E-state index is 12.5. The molecule has 1 aliphatic rings. The van der Waals surface area contributed by atoms with E-state index in [4.69, 9.17) is 4.74 Å². The third-order valence-electron chi connectivity index (χ3n) is 4.60. The van der Waals surface area contributed by atoms with Crippen molar-refractivity contribution in [1.82, 2.24) is 0 Å². The van der Waals surface area contributed by atoms with Crippen molar-refractivity contribution in [3.05, 3.63) is 65.2 Å². The zero-order chi connectivity index (χ0) is 15.4. The lowest BCUT2D eigenvalue weighted by Gasteiger charge is -2.22. The predicted molar refractivity (Wildman–Crippen MR) is 88.7 cm³/mol. The van der Waals surface area contributed by atoms with Crippen LogP contribution in [0.5, 0.6) is 5.75 Å². The van der Waals surface area contributed by atoms with Crippen molar-refractivity contribution >= 4 is 5.78 Å². The maximum absolute atomic E-state index is 12.5. The number of carbonyl (C=O) groups excluding carboxylic acids is 1. The van der Waals surface area contributed by atoms with Crippen molar-refractivity contribution in [2.24, 2.45) is 0 Å². The monoisotopic (exact) mass is 294 g/mol. The summed E-state index contributed by atoms with van der Waals surface area (Å²) >= 11 is 0. The second-order valence-electron chi connectivity index (χ2n) is 6.01. The normalized spacial score (nSPS) is 15.5. The Labute approximate surface area is 132 Å². The molecule has 0 saturated heterocycles. The number of methoxy groups -OCH3 is 1. The minimum Gasteiger partial charge on any atom is -0.497 e. The van der Waals surface area contributed by atoms with Gasteiger partial charge in [-0.05, 0) is 48.6 Å². The third kappa shape index (κ3) is 3.22. The lowest BCUT2D eigenvalue weighted by molar-refractivity contribution is 0.103. The quantitative estimate of drug-likeness (QED) is 0.744. The molecule has 0 atom stereocenters. The van der Waals surface area contributed by atoms with E-state index >= 15 is 0 Å². The molecule has 0 N–H and O–H groups in total. The molecule has 0 unspecified atom stereocenters. The van der Waals surface area contributed by atoms with Crippen molar-refractivity contribution in [1.29, 1.82) is 0 Å². The van der Waals surface area contributed by atoms with E-state index < -0.39 is 0 Å². The summed E-state index contributed by atoms with van der Waals surface area (Å²) in [5.41, 5.74) is 2.84. The van der Waals surface area contributed by atoms with E-state index in [2.05, 4.69) is 12.1 Å². The number of rotatable bonds is 4. The second-order valence-corrected chi connectivity index (χ2v) is 6.01. The van der Waals surface area contributed by atoms with Gasteiger partial charge in [-0.3, -0.25) is 4.79 Å². The molecule has 0 spiro atoms. The molecule has 3 rings (SSSR count). The van der Waals surface area contributed by atoms with Crippen LogP contribution in [0.2, 0.25) is 0 Å². The molecule has 2 nitrogen and oxygen atoms in total. The number of hydrogen-bond donors (Lipinski definition) is 0. The van der Waals surface area contributed by atoms with E-state index in [-0.39, 0.29) is 5.78 Å². The van der Waals surface area contributed by atoms with Gasteiger partial charge in [0, 0.05) is 11.1 Å². The molecule has 0 heterocycles. The van der Waals surface area contributed by atoms with E-state index in [9.17, 15) is 4.79 Å². The van der Waals surface area contributed by atoms with Crippen LogP contribution in [0, 0.1) is 0 Å². The Morgan fingerprint density at radius 3 is 1.95 bits per heavy atom. The van der Waals surface area contributed by atoms with E-state index in [1.807, 2.05) is 36.4 Å².